The Balaban J connectivity index is 1.68. The largest absolute Gasteiger partial charge is 0.396 e. The second-order valence-electron chi connectivity index (χ2n) is 6.27. The summed E-state index contributed by atoms with van der Waals surface area (Å²) in [5.74, 6) is 0.731. The highest BCUT2D eigenvalue weighted by atomic mass is 35.5. The number of nitrogen functional groups attached to an aromatic ring is 1. The van der Waals surface area contributed by atoms with E-state index in [0.29, 0.717) is 22.7 Å². The summed E-state index contributed by atoms with van der Waals surface area (Å²) in [7, 11) is 0. The van der Waals surface area contributed by atoms with Crippen molar-refractivity contribution in [2.75, 3.05) is 11.1 Å². The zero-order valence-electron chi connectivity index (χ0n) is 15.4. The van der Waals surface area contributed by atoms with Crippen molar-refractivity contribution in [2.45, 2.75) is 31.8 Å². The van der Waals surface area contributed by atoms with Crippen LogP contribution in [0.5, 0.6) is 0 Å². The van der Waals surface area contributed by atoms with Crippen molar-refractivity contribution in [2.24, 2.45) is 0 Å². The van der Waals surface area contributed by atoms with Crippen LogP contribution in [0.1, 0.15) is 23.2 Å². The van der Waals surface area contributed by atoms with Crippen molar-refractivity contribution in [3.05, 3.63) is 48.8 Å². The van der Waals surface area contributed by atoms with E-state index in [0.717, 1.165) is 15.3 Å². The second-order valence-corrected chi connectivity index (χ2v) is 9.62. The number of aryl methyl sites for hydroxylation is 2. The molecule has 3 aromatic rings. The predicted octanol–water partition coefficient (Wildman–Crippen LogP) is 4.75. The summed E-state index contributed by atoms with van der Waals surface area (Å²) in [5.41, 5.74) is 7.26. The number of thiophene rings is 1. The van der Waals surface area contributed by atoms with Gasteiger partial charge in [-0.2, -0.15) is 0 Å². The molecule has 0 saturated heterocycles. The van der Waals surface area contributed by atoms with Gasteiger partial charge in [-0.1, -0.05) is 23.2 Å². The zero-order valence-corrected chi connectivity index (χ0v) is 18.5. The minimum atomic E-state index is -0.386. The normalized spacial score (nSPS) is 12.3. The van der Waals surface area contributed by atoms with E-state index in [1.54, 1.807) is 19.1 Å². The van der Waals surface area contributed by atoms with Gasteiger partial charge in [0.2, 0.25) is 5.91 Å². The number of hydrogen-bond acceptors (Lipinski definition) is 6. The molecule has 0 radical (unpaired) electrons. The van der Waals surface area contributed by atoms with Crippen LogP contribution in [0.4, 0.5) is 11.4 Å². The number of thioether (sulfide) groups is 1. The lowest BCUT2D eigenvalue weighted by atomic mass is 10.2. The highest BCUT2D eigenvalue weighted by Crippen LogP contribution is 2.31. The highest BCUT2D eigenvalue weighted by molar-refractivity contribution is 7.99. The third kappa shape index (κ3) is 4.30. The van der Waals surface area contributed by atoms with E-state index in [2.05, 4.69) is 15.3 Å². The van der Waals surface area contributed by atoms with Crippen molar-refractivity contribution in [1.29, 1.82) is 0 Å². The van der Waals surface area contributed by atoms with E-state index in [9.17, 15) is 9.59 Å². The Bertz CT molecular complexity index is 1100. The predicted molar refractivity (Wildman–Crippen MR) is 120 cm³/mol. The van der Waals surface area contributed by atoms with Crippen LogP contribution in [0.3, 0.4) is 0 Å². The number of rotatable bonds is 5. The number of H-pyrrole nitrogens is 1. The summed E-state index contributed by atoms with van der Waals surface area (Å²) in [6.45, 7) is 5.66. The summed E-state index contributed by atoms with van der Waals surface area (Å²) in [5, 5.41) is 3.57. The molecule has 0 spiro atoms. The number of aromatic nitrogens is 2. The van der Waals surface area contributed by atoms with Crippen LogP contribution in [-0.2, 0) is 10.5 Å². The van der Waals surface area contributed by atoms with Crippen LogP contribution in [0, 0.1) is 13.8 Å². The molecule has 1 amide bonds. The van der Waals surface area contributed by atoms with Gasteiger partial charge in [-0.25, -0.2) is 4.98 Å². The SMILES string of the molecule is Cc1sc2nc(CSC(C)C(=O)Nc3cc(Cl)c(N)c(Cl)c3)[nH]c(=O)c2c1C. The third-order valence-corrected chi connectivity index (χ3v) is 7.15. The number of carbonyl (C=O) groups excluding carboxylic acids is 1. The van der Waals surface area contributed by atoms with Gasteiger partial charge in [0.05, 0.1) is 32.1 Å². The Morgan fingerprint density at radius 1 is 1.36 bits per heavy atom. The minimum absolute atomic E-state index is 0.147. The van der Waals surface area contributed by atoms with Crippen molar-refractivity contribution < 1.29 is 4.79 Å². The standard InChI is InChI=1S/C18H18Cl2N4O2S2/c1-7-8(2)28-18-14(7)17(26)23-13(24-18)6-27-9(3)16(25)22-10-4-11(19)15(21)12(20)5-10/h4-5,9H,6,21H2,1-3H3,(H,22,25)(H,23,24,26). The molecule has 1 aromatic carbocycles. The molecule has 28 heavy (non-hydrogen) atoms. The number of fused-ring (bicyclic) bond motifs is 1. The Hall–Kier alpha value is -1.74. The van der Waals surface area contributed by atoms with Gasteiger partial charge in [-0.15, -0.1) is 23.1 Å². The summed E-state index contributed by atoms with van der Waals surface area (Å²) < 4.78 is 0. The minimum Gasteiger partial charge on any atom is -0.396 e. The van der Waals surface area contributed by atoms with Gasteiger partial charge in [0.25, 0.3) is 5.56 Å². The third-order valence-electron chi connectivity index (χ3n) is 4.27. The van der Waals surface area contributed by atoms with Crippen molar-refractivity contribution >= 4 is 73.8 Å². The van der Waals surface area contributed by atoms with Gasteiger partial charge in [-0.3, -0.25) is 9.59 Å². The number of anilines is 2. The first kappa shape index (κ1) is 21.0. The molecule has 0 bridgehead atoms. The van der Waals surface area contributed by atoms with Crippen molar-refractivity contribution in [1.82, 2.24) is 9.97 Å². The number of hydrogen-bond donors (Lipinski definition) is 3. The summed E-state index contributed by atoms with van der Waals surface area (Å²) in [6, 6.07) is 3.10. The maximum Gasteiger partial charge on any atom is 0.259 e. The number of aromatic amines is 1. The fraction of sp³-hybridized carbons (Fsp3) is 0.278. The molecule has 2 heterocycles. The molecule has 0 saturated carbocycles. The summed E-state index contributed by atoms with van der Waals surface area (Å²) >= 11 is 14.8. The molecule has 148 valence electrons. The van der Waals surface area contributed by atoms with Crippen LogP contribution in [-0.4, -0.2) is 21.1 Å². The molecular formula is C18H18Cl2N4O2S2. The lowest BCUT2D eigenvalue weighted by molar-refractivity contribution is -0.115. The molecule has 0 fully saturated rings. The first-order chi connectivity index (χ1) is 13.2. The molecule has 3 rings (SSSR count). The molecule has 4 N–H and O–H groups in total. The van der Waals surface area contributed by atoms with E-state index >= 15 is 0 Å². The van der Waals surface area contributed by atoms with E-state index in [4.69, 9.17) is 28.9 Å². The topological polar surface area (TPSA) is 101 Å². The molecule has 6 nitrogen and oxygen atoms in total. The maximum absolute atomic E-state index is 12.4. The molecule has 0 aliphatic carbocycles. The van der Waals surface area contributed by atoms with Crippen LogP contribution in [0.15, 0.2) is 16.9 Å². The second kappa shape index (κ2) is 8.32. The number of benzene rings is 1. The van der Waals surface area contributed by atoms with E-state index in [1.807, 2.05) is 13.8 Å². The van der Waals surface area contributed by atoms with Gasteiger partial charge >= 0.3 is 0 Å². The number of carbonyl (C=O) groups is 1. The van der Waals surface area contributed by atoms with Crippen LogP contribution in [0.2, 0.25) is 10.0 Å². The highest BCUT2D eigenvalue weighted by Gasteiger charge is 2.17. The zero-order chi connectivity index (χ0) is 20.6. The molecule has 10 heteroatoms. The van der Waals surface area contributed by atoms with Crippen molar-refractivity contribution in [3.8, 4) is 0 Å². The average molecular weight is 457 g/mol. The van der Waals surface area contributed by atoms with E-state index in [-0.39, 0.29) is 32.4 Å². The fourth-order valence-corrected chi connectivity index (χ4v) is 4.84. The summed E-state index contributed by atoms with van der Waals surface area (Å²) in [4.78, 5) is 33.9. The monoisotopic (exact) mass is 456 g/mol. The average Bonchev–Trinajstić information content (AvgIpc) is 2.91. The number of halogens is 2. The summed E-state index contributed by atoms with van der Waals surface area (Å²) in [6.07, 6.45) is 0. The molecule has 0 aliphatic heterocycles. The molecule has 1 atom stereocenters. The quantitative estimate of drug-likeness (QED) is 0.480. The van der Waals surface area contributed by atoms with Crippen molar-refractivity contribution in [3.63, 3.8) is 0 Å². The van der Waals surface area contributed by atoms with E-state index < -0.39 is 0 Å². The van der Waals surface area contributed by atoms with E-state index in [1.165, 1.54) is 23.1 Å². The maximum atomic E-state index is 12.4. The Morgan fingerprint density at radius 2 is 2.00 bits per heavy atom. The van der Waals surface area contributed by atoms with Crippen LogP contribution >= 0.6 is 46.3 Å². The molecule has 2 aromatic heterocycles. The van der Waals surface area contributed by atoms with Gasteiger partial charge in [0.1, 0.15) is 10.7 Å². The number of nitrogens with zero attached hydrogens (tertiary/aromatic N) is 1. The molecule has 1 unspecified atom stereocenters. The lowest BCUT2D eigenvalue weighted by Gasteiger charge is -2.13. The number of amides is 1. The molecular weight excluding hydrogens is 439 g/mol. The van der Waals surface area contributed by atoms with Gasteiger partial charge in [0.15, 0.2) is 0 Å². The van der Waals surface area contributed by atoms with Crippen LogP contribution < -0.4 is 16.6 Å². The van der Waals surface area contributed by atoms with Gasteiger partial charge < -0.3 is 16.0 Å². The first-order valence-electron chi connectivity index (χ1n) is 8.33. The van der Waals surface area contributed by atoms with Crippen LogP contribution in [0.25, 0.3) is 10.2 Å². The lowest BCUT2D eigenvalue weighted by Crippen LogP contribution is -2.23. The molecule has 0 aliphatic rings. The first-order valence-corrected chi connectivity index (χ1v) is 11.0. The van der Waals surface area contributed by atoms with Gasteiger partial charge in [-0.05, 0) is 38.5 Å². The Morgan fingerprint density at radius 3 is 2.64 bits per heavy atom. The fourth-order valence-electron chi connectivity index (χ4n) is 2.55. The van der Waals surface area contributed by atoms with Gasteiger partial charge in [0, 0.05) is 10.6 Å². The number of nitrogens with two attached hydrogens (primary N) is 1. The Labute approximate surface area is 179 Å². The Kier molecular flexibility index (Phi) is 6.24. The number of nitrogens with one attached hydrogen (secondary N) is 2. The smallest absolute Gasteiger partial charge is 0.259 e.